The molecule has 1 aliphatic heterocycles. The zero-order valence-corrected chi connectivity index (χ0v) is 13.6. The van der Waals surface area contributed by atoms with Gasteiger partial charge in [-0.1, -0.05) is 12.5 Å². The number of benzene rings is 1. The number of likely N-dealkylation sites (tertiary alicyclic amines) is 1. The lowest BCUT2D eigenvalue weighted by Crippen LogP contribution is -2.51. The summed E-state index contributed by atoms with van der Waals surface area (Å²) in [7, 11) is 1.60. The van der Waals surface area contributed by atoms with Crippen molar-refractivity contribution in [2.75, 3.05) is 13.7 Å². The number of rotatable bonds is 3. The Bertz CT molecular complexity index is 627. The molecule has 3 rings (SSSR count). The van der Waals surface area contributed by atoms with E-state index in [2.05, 4.69) is 0 Å². The van der Waals surface area contributed by atoms with Crippen LogP contribution < -0.4 is 4.74 Å². The average molecular weight is 317 g/mol. The number of aliphatic carboxylic acids is 1. The molecule has 1 aromatic carbocycles. The Morgan fingerprint density at radius 1 is 1.26 bits per heavy atom. The zero-order valence-electron chi connectivity index (χ0n) is 13.6. The first kappa shape index (κ1) is 15.8. The predicted molar refractivity (Wildman–Crippen MR) is 85.6 cm³/mol. The lowest BCUT2D eigenvalue weighted by molar-refractivity contribution is -0.146. The van der Waals surface area contributed by atoms with Crippen molar-refractivity contribution in [2.45, 2.75) is 38.6 Å². The maximum absolute atomic E-state index is 12.9. The Morgan fingerprint density at radius 2 is 2.04 bits per heavy atom. The molecule has 1 heterocycles. The highest BCUT2D eigenvalue weighted by atomic mass is 16.5. The highest BCUT2D eigenvalue weighted by molar-refractivity contribution is 5.95. The number of amides is 1. The van der Waals surface area contributed by atoms with Gasteiger partial charge in [0.05, 0.1) is 13.0 Å². The van der Waals surface area contributed by atoms with Crippen LogP contribution in [0.15, 0.2) is 18.2 Å². The molecular formula is C18H23NO4. The van der Waals surface area contributed by atoms with Gasteiger partial charge < -0.3 is 14.7 Å². The molecule has 0 bridgehead atoms. The molecule has 5 heteroatoms. The summed E-state index contributed by atoms with van der Waals surface area (Å²) in [6.45, 7) is 2.46. The van der Waals surface area contributed by atoms with Gasteiger partial charge in [0.1, 0.15) is 5.75 Å². The maximum Gasteiger partial charge on any atom is 0.306 e. The number of nitrogens with zero attached hydrogens (tertiary/aromatic N) is 1. The number of carbonyl (C=O) groups excluding carboxylic acids is 1. The summed E-state index contributed by atoms with van der Waals surface area (Å²) in [4.78, 5) is 26.3. The Morgan fingerprint density at radius 3 is 2.74 bits per heavy atom. The van der Waals surface area contributed by atoms with E-state index in [9.17, 15) is 14.7 Å². The van der Waals surface area contributed by atoms with E-state index < -0.39 is 5.97 Å². The summed E-state index contributed by atoms with van der Waals surface area (Å²) in [5.41, 5.74) is 1.61. The first-order valence-corrected chi connectivity index (χ1v) is 8.21. The Labute approximate surface area is 136 Å². The number of aryl methyl sites for hydroxylation is 1. The van der Waals surface area contributed by atoms with E-state index in [4.69, 9.17) is 4.74 Å². The van der Waals surface area contributed by atoms with Gasteiger partial charge in [0, 0.05) is 18.2 Å². The van der Waals surface area contributed by atoms with Crippen LogP contribution in [0, 0.1) is 18.8 Å². The van der Waals surface area contributed by atoms with E-state index in [1.165, 1.54) is 0 Å². The third-order valence-corrected chi connectivity index (χ3v) is 5.36. The molecule has 0 radical (unpaired) electrons. The highest BCUT2D eigenvalue weighted by Crippen LogP contribution is 2.41. The van der Waals surface area contributed by atoms with E-state index in [1.54, 1.807) is 13.2 Å². The standard InChI is InChI=1S/C18H23NO4/c1-11-6-7-12(10-16(11)23-2)17(20)19-9-8-14(18(21)22)13-4-3-5-15(13)19/h6-7,10,13-15H,3-5,8-9H2,1-2H3,(H,21,22). The van der Waals surface area contributed by atoms with E-state index >= 15 is 0 Å². The van der Waals surface area contributed by atoms with Gasteiger partial charge in [-0.25, -0.2) is 0 Å². The largest absolute Gasteiger partial charge is 0.496 e. The number of hydrogen-bond acceptors (Lipinski definition) is 3. The number of methoxy groups -OCH3 is 1. The summed E-state index contributed by atoms with van der Waals surface area (Å²) in [5, 5.41) is 9.41. The van der Waals surface area contributed by atoms with Crippen LogP contribution in [-0.2, 0) is 4.79 Å². The van der Waals surface area contributed by atoms with Crippen molar-refractivity contribution in [3.05, 3.63) is 29.3 Å². The van der Waals surface area contributed by atoms with Gasteiger partial charge in [-0.2, -0.15) is 0 Å². The first-order chi connectivity index (χ1) is 11.0. The van der Waals surface area contributed by atoms with E-state index in [-0.39, 0.29) is 23.8 Å². The second-order valence-corrected chi connectivity index (χ2v) is 6.58. The third kappa shape index (κ3) is 2.80. The highest BCUT2D eigenvalue weighted by Gasteiger charge is 2.45. The van der Waals surface area contributed by atoms with Crippen molar-refractivity contribution in [1.82, 2.24) is 4.90 Å². The molecule has 0 aromatic heterocycles. The molecular weight excluding hydrogens is 294 g/mol. The molecule has 1 aliphatic carbocycles. The van der Waals surface area contributed by atoms with Gasteiger partial charge >= 0.3 is 5.97 Å². The van der Waals surface area contributed by atoms with Crippen LogP contribution in [0.2, 0.25) is 0 Å². The van der Waals surface area contributed by atoms with Gasteiger partial charge in [0.25, 0.3) is 5.91 Å². The van der Waals surface area contributed by atoms with Crippen LogP contribution in [0.5, 0.6) is 5.75 Å². The topological polar surface area (TPSA) is 66.8 Å². The molecule has 1 saturated heterocycles. The summed E-state index contributed by atoms with van der Waals surface area (Å²) >= 11 is 0. The van der Waals surface area contributed by atoms with Crippen molar-refractivity contribution < 1.29 is 19.4 Å². The van der Waals surface area contributed by atoms with E-state index in [0.717, 1.165) is 24.8 Å². The minimum Gasteiger partial charge on any atom is -0.496 e. The molecule has 1 saturated carbocycles. The molecule has 5 nitrogen and oxygen atoms in total. The first-order valence-electron chi connectivity index (χ1n) is 8.21. The fourth-order valence-electron chi connectivity index (χ4n) is 4.16. The average Bonchev–Trinajstić information content (AvgIpc) is 3.03. The Balaban J connectivity index is 1.84. The van der Waals surface area contributed by atoms with Gasteiger partial charge in [0.15, 0.2) is 0 Å². The van der Waals surface area contributed by atoms with Gasteiger partial charge in [0.2, 0.25) is 0 Å². The summed E-state index contributed by atoms with van der Waals surface area (Å²) in [6.07, 6.45) is 3.36. The number of ether oxygens (including phenoxy) is 1. The van der Waals surface area contributed by atoms with Gasteiger partial charge in [-0.15, -0.1) is 0 Å². The van der Waals surface area contributed by atoms with E-state index in [1.807, 2.05) is 24.0 Å². The summed E-state index contributed by atoms with van der Waals surface area (Å²) < 4.78 is 5.31. The molecule has 124 valence electrons. The van der Waals surface area contributed by atoms with Crippen molar-refractivity contribution in [2.24, 2.45) is 11.8 Å². The van der Waals surface area contributed by atoms with Crippen LogP contribution in [-0.4, -0.2) is 41.6 Å². The minimum absolute atomic E-state index is 0.0101. The number of carbonyl (C=O) groups is 2. The smallest absolute Gasteiger partial charge is 0.306 e. The van der Waals surface area contributed by atoms with Crippen LogP contribution in [0.4, 0.5) is 0 Å². The van der Waals surface area contributed by atoms with E-state index in [0.29, 0.717) is 24.3 Å². The zero-order chi connectivity index (χ0) is 16.6. The van der Waals surface area contributed by atoms with Gasteiger partial charge in [-0.05, 0) is 49.8 Å². The number of carboxylic acid groups (broad SMARTS) is 1. The van der Waals surface area contributed by atoms with Crippen molar-refractivity contribution >= 4 is 11.9 Å². The number of hydrogen-bond donors (Lipinski definition) is 1. The number of carboxylic acids is 1. The number of piperidine rings is 1. The molecule has 1 aromatic rings. The van der Waals surface area contributed by atoms with Crippen LogP contribution in [0.25, 0.3) is 0 Å². The Kier molecular flexibility index (Phi) is 4.28. The molecule has 1 amide bonds. The third-order valence-electron chi connectivity index (χ3n) is 5.36. The quantitative estimate of drug-likeness (QED) is 0.931. The normalized spacial score (nSPS) is 26.7. The maximum atomic E-state index is 12.9. The van der Waals surface area contributed by atoms with Crippen molar-refractivity contribution in [3.8, 4) is 5.75 Å². The predicted octanol–water partition coefficient (Wildman–Crippen LogP) is 2.72. The molecule has 2 fully saturated rings. The fourth-order valence-corrected chi connectivity index (χ4v) is 4.16. The number of fused-ring (bicyclic) bond motifs is 1. The second kappa shape index (κ2) is 6.22. The summed E-state index contributed by atoms with van der Waals surface area (Å²) in [5.74, 6) is -0.231. The minimum atomic E-state index is -0.717. The summed E-state index contributed by atoms with van der Waals surface area (Å²) in [6, 6.07) is 5.56. The molecule has 3 atom stereocenters. The van der Waals surface area contributed by atoms with Crippen molar-refractivity contribution in [1.29, 1.82) is 0 Å². The molecule has 3 unspecified atom stereocenters. The SMILES string of the molecule is COc1cc(C(=O)N2CCC(C(=O)O)C3CCCC32)ccc1C. The monoisotopic (exact) mass is 317 g/mol. The fraction of sp³-hybridized carbons (Fsp3) is 0.556. The molecule has 2 aliphatic rings. The van der Waals surface area contributed by atoms with Crippen LogP contribution in [0.3, 0.4) is 0 Å². The second-order valence-electron chi connectivity index (χ2n) is 6.58. The Hall–Kier alpha value is -2.04. The van der Waals surface area contributed by atoms with Crippen molar-refractivity contribution in [3.63, 3.8) is 0 Å². The lowest BCUT2D eigenvalue weighted by Gasteiger charge is -2.41. The van der Waals surface area contributed by atoms with Gasteiger partial charge in [-0.3, -0.25) is 9.59 Å². The van der Waals surface area contributed by atoms with Crippen LogP contribution in [0.1, 0.15) is 41.6 Å². The molecule has 23 heavy (non-hydrogen) atoms. The molecule has 1 N–H and O–H groups in total. The lowest BCUT2D eigenvalue weighted by atomic mass is 9.81. The molecule has 0 spiro atoms. The van der Waals surface area contributed by atoms with Crippen LogP contribution >= 0.6 is 0 Å².